The summed E-state index contributed by atoms with van der Waals surface area (Å²) in [7, 11) is 8.73. The van der Waals surface area contributed by atoms with E-state index in [1.54, 1.807) is 37.9 Å². The number of phenols is 1. The second-order valence-electron chi connectivity index (χ2n) is 14.5. The minimum atomic E-state index is -2.27. The Balaban J connectivity index is 0.000000155. The Morgan fingerprint density at radius 2 is 1.60 bits per heavy atom. The van der Waals surface area contributed by atoms with E-state index in [0.29, 0.717) is 28.8 Å². The lowest BCUT2D eigenvalue weighted by atomic mass is 9.51. The van der Waals surface area contributed by atoms with Crippen molar-refractivity contribution in [1.29, 1.82) is 0 Å². The number of aromatic hydroxyl groups is 1. The van der Waals surface area contributed by atoms with E-state index in [-0.39, 0.29) is 40.5 Å². The normalized spacial score (nSPS) is 23.4. The van der Waals surface area contributed by atoms with Gasteiger partial charge in [-0.3, -0.25) is 18.7 Å². The van der Waals surface area contributed by atoms with E-state index >= 15 is 0 Å². The van der Waals surface area contributed by atoms with Crippen molar-refractivity contribution in [3.8, 4) is 17.2 Å². The Morgan fingerprint density at radius 1 is 0.965 bits per heavy atom. The number of nitrogens with one attached hydrogen (secondary N) is 1. The molecule has 0 unspecified atom stereocenters. The van der Waals surface area contributed by atoms with Gasteiger partial charge in [0.05, 0.1) is 19.5 Å². The molecule has 2 aliphatic heterocycles. The van der Waals surface area contributed by atoms with Crippen LogP contribution >= 0.6 is 0 Å². The van der Waals surface area contributed by atoms with Gasteiger partial charge in [-0.2, -0.15) is 0 Å². The van der Waals surface area contributed by atoms with Crippen molar-refractivity contribution < 1.29 is 54.5 Å². The number of methoxy groups -OCH3 is 1. The molecule has 57 heavy (non-hydrogen) atoms. The Bertz CT molecular complexity index is 2250. The SMILES string of the molecule is CC(=O)Nc1ccc(O)cc1.COc1ccc2c3c1O[C@H]1[C@@H](O)CC[C@H]4[C@@H](C2)N(C)CC[C@@]341.Cn1c(=O)c2c(ncn2C)n(C)c1=O.O=C(O)[C@H](O)[C@@H](O)C(=O)O. The lowest BCUT2D eigenvalue weighted by Crippen LogP contribution is -2.66. The third-order valence-corrected chi connectivity index (χ3v) is 11.1. The Morgan fingerprint density at radius 3 is 2.18 bits per heavy atom. The Kier molecular flexibility index (Phi) is 12.5. The van der Waals surface area contributed by atoms with E-state index in [4.69, 9.17) is 35.0 Å². The second kappa shape index (κ2) is 16.8. The van der Waals surface area contributed by atoms with Gasteiger partial charge in [0.15, 0.2) is 34.9 Å². The van der Waals surface area contributed by atoms with Crippen molar-refractivity contribution in [3.05, 3.63) is 74.7 Å². The van der Waals surface area contributed by atoms with Gasteiger partial charge < -0.3 is 54.9 Å². The zero-order valence-corrected chi connectivity index (χ0v) is 32.3. The summed E-state index contributed by atoms with van der Waals surface area (Å²) in [6.45, 7) is 2.52. The van der Waals surface area contributed by atoms with E-state index in [9.17, 15) is 29.1 Å². The maximum atomic E-state index is 11.7. The number of likely N-dealkylation sites (tertiary alicyclic amines) is 1. The van der Waals surface area contributed by atoms with Gasteiger partial charge in [0.1, 0.15) is 11.9 Å². The number of phenolic OH excluding ortho intramolecular Hbond substituents is 1. The summed E-state index contributed by atoms with van der Waals surface area (Å²) < 4.78 is 15.9. The number of fused-ring (bicyclic) bond motifs is 1. The molecule has 1 saturated heterocycles. The number of hydrogen-bond donors (Lipinski definition) is 7. The number of aliphatic hydroxyl groups is 3. The van der Waals surface area contributed by atoms with Crippen LogP contribution in [0, 0.1) is 5.92 Å². The number of rotatable bonds is 5. The number of carbonyl (C=O) groups is 3. The summed E-state index contributed by atoms with van der Waals surface area (Å²) in [6.07, 6.45) is 0.678. The number of aryl methyl sites for hydroxylation is 2. The molecule has 4 aliphatic rings. The fourth-order valence-electron chi connectivity index (χ4n) is 8.35. The molecule has 2 bridgehead atoms. The van der Waals surface area contributed by atoms with Crippen LogP contribution in [-0.4, -0.2) is 123 Å². The molecule has 4 aromatic rings. The fourth-order valence-corrected chi connectivity index (χ4v) is 8.35. The molecule has 1 amide bonds. The molecule has 7 atom stereocenters. The molecular weight excluding hydrogens is 748 g/mol. The van der Waals surface area contributed by atoms with Gasteiger partial charge in [0.2, 0.25) is 5.91 Å². The van der Waals surface area contributed by atoms with Gasteiger partial charge in [0.25, 0.3) is 5.56 Å². The lowest BCUT2D eigenvalue weighted by molar-refractivity contribution is -0.165. The number of carboxylic acids is 2. The first-order valence-corrected chi connectivity index (χ1v) is 18.1. The highest BCUT2D eigenvalue weighted by atomic mass is 16.5. The van der Waals surface area contributed by atoms with Crippen LogP contribution in [0.25, 0.3) is 11.2 Å². The molecule has 19 nitrogen and oxygen atoms in total. The highest BCUT2D eigenvalue weighted by Crippen LogP contribution is 2.63. The van der Waals surface area contributed by atoms with Gasteiger partial charge >= 0.3 is 17.6 Å². The van der Waals surface area contributed by atoms with Crippen LogP contribution in [0.2, 0.25) is 0 Å². The van der Waals surface area contributed by atoms with Gasteiger partial charge in [0, 0.05) is 50.8 Å². The van der Waals surface area contributed by atoms with Crippen LogP contribution in [0.1, 0.15) is 37.3 Å². The van der Waals surface area contributed by atoms with Crippen molar-refractivity contribution in [3.63, 3.8) is 0 Å². The maximum absolute atomic E-state index is 11.7. The number of amides is 1. The van der Waals surface area contributed by atoms with Crippen molar-refractivity contribution in [1.82, 2.24) is 23.6 Å². The number of aromatic nitrogens is 4. The molecule has 2 aromatic carbocycles. The van der Waals surface area contributed by atoms with Crippen LogP contribution in [0.4, 0.5) is 5.69 Å². The number of likely N-dealkylation sites (N-methyl/N-ethyl adjacent to an activating group) is 1. The van der Waals surface area contributed by atoms with Gasteiger partial charge in [-0.05, 0) is 81.1 Å². The maximum Gasteiger partial charge on any atom is 0.335 e. The number of piperidine rings is 1. The van der Waals surface area contributed by atoms with E-state index < -0.39 is 24.1 Å². The smallest absolute Gasteiger partial charge is 0.335 e. The minimum Gasteiger partial charge on any atom is -0.508 e. The predicted octanol–water partition coefficient (Wildman–Crippen LogP) is -0.0762. The monoisotopic (exact) mass is 796 g/mol. The van der Waals surface area contributed by atoms with Crippen molar-refractivity contribution in [2.24, 2.45) is 27.1 Å². The first-order valence-electron chi connectivity index (χ1n) is 18.1. The number of nitrogens with zero attached hydrogens (tertiary/aromatic N) is 5. The van der Waals surface area contributed by atoms with E-state index in [1.807, 2.05) is 6.07 Å². The number of aliphatic carboxylic acids is 2. The summed E-state index contributed by atoms with van der Waals surface area (Å²) in [4.78, 5) is 59.7. The molecule has 1 spiro atoms. The molecule has 2 aliphatic carbocycles. The van der Waals surface area contributed by atoms with Crippen LogP contribution in [0.5, 0.6) is 17.2 Å². The molecule has 1 saturated carbocycles. The molecule has 7 N–H and O–H groups in total. The summed E-state index contributed by atoms with van der Waals surface area (Å²) >= 11 is 0. The first kappa shape index (κ1) is 42.4. The van der Waals surface area contributed by atoms with Crippen molar-refractivity contribution in [2.75, 3.05) is 26.0 Å². The van der Waals surface area contributed by atoms with Crippen LogP contribution in [-0.2, 0) is 47.4 Å². The third-order valence-electron chi connectivity index (χ3n) is 11.1. The van der Waals surface area contributed by atoms with Crippen molar-refractivity contribution in [2.45, 2.75) is 68.5 Å². The van der Waals surface area contributed by atoms with E-state index in [0.717, 1.165) is 48.3 Å². The zero-order chi connectivity index (χ0) is 42.1. The van der Waals surface area contributed by atoms with E-state index in [1.165, 1.54) is 48.1 Å². The summed E-state index contributed by atoms with van der Waals surface area (Å²) in [5.41, 5.74) is 3.65. The minimum absolute atomic E-state index is 0.00625. The van der Waals surface area contributed by atoms with Crippen LogP contribution in [0.15, 0.2) is 52.3 Å². The largest absolute Gasteiger partial charge is 0.508 e. The molecule has 8 rings (SSSR count). The predicted molar refractivity (Wildman–Crippen MR) is 203 cm³/mol. The Labute approximate surface area is 325 Å². The summed E-state index contributed by atoms with van der Waals surface area (Å²) in [5, 5.41) is 54.6. The number of imidazole rings is 1. The first-order chi connectivity index (χ1) is 26.8. The van der Waals surface area contributed by atoms with Crippen molar-refractivity contribution >= 4 is 34.7 Å². The molecule has 0 radical (unpaired) electrons. The number of hydrogen-bond acceptors (Lipinski definition) is 13. The topological polar surface area (TPSA) is 268 Å². The molecule has 19 heteroatoms. The molecule has 4 heterocycles. The zero-order valence-electron chi connectivity index (χ0n) is 32.3. The average molecular weight is 797 g/mol. The van der Waals surface area contributed by atoms with Crippen LogP contribution in [0.3, 0.4) is 0 Å². The number of carboxylic acid groups (broad SMARTS) is 2. The molecule has 2 aromatic heterocycles. The Hall–Kier alpha value is -5.76. The average Bonchev–Trinajstić information content (AvgIpc) is 3.74. The molecule has 308 valence electrons. The van der Waals surface area contributed by atoms with E-state index in [2.05, 4.69) is 28.3 Å². The second-order valence-corrected chi connectivity index (χ2v) is 14.5. The summed E-state index contributed by atoms with van der Waals surface area (Å²) in [5.74, 6) is -1.12. The number of anilines is 1. The van der Waals surface area contributed by atoms with Gasteiger partial charge in [-0.25, -0.2) is 19.4 Å². The summed E-state index contributed by atoms with van der Waals surface area (Å²) in [6, 6.07) is 11.1. The number of ether oxygens (including phenoxy) is 2. The number of aliphatic hydroxyl groups excluding tert-OH is 3. The highest BCUT2D eigenvalue weighted by Gasteiger charge is 2.65. The molecular formula is C38H48N6O13. The van der Waals surface area contributed by atoms with Gasteiger partial charge in [-0.1, -0.05) is 6.07 Å². The number of benzene rings is 2. The quantitative estimate of drug-likeness (QED) is 0.130. The third kappa shape index (κ3) is 7.95. The lowest BCUT2D eigenvalue weighted by Gasteiger charge is -2.58. The highest BCUT2D eigenvalue weighted by molar-refractivity contribution is 5.88. The van der Waals surface area contributed by atoms with Gasteiger partial charge in [-0.15, -0.1) is 0 Å². The standard InChI is InChI=1S/C18H23NO3.C8H10N4O2.C8H9NO2.C4H6O6/c1-19-8-7-18-11-4-5-13(20)17(18)22-16-14(21-2)6-3-10(15(16)18)9-12(11)19;1-10-4-9-6-5(10)7(13)12(3)8(14)11(6)2;1-6(10)9-7-2-4-8(11)5-3-7;5-1(3(7)8)2(6)4(9)10/h3,6,11-13,17,20H,4-5,7-9H2,1-2H3;4H,1-3H3;2-5,11H,1H3,(H,9,10);1-2,5-6H,(H,7,8)(H,9,10)/t11-,12+,13-,17-,18-;;;1-,2-/m0..1/s1. The fraction of sp³-hybridized carbons (Fsp3) is 0.474. The molecule has 2 fully saturated rings. The van der Waals surface area contributed by atoms with Crippen LogP contribution < -0.4 is 26.0 Å². The number of carbonyl (C=O) groups excluding carboxylic acids is 1.